The second kappa shape index (κ2) is 12.1. The molecule has 1 heterocycles. The number of nitrogens with zero attached hydrogens (tertiary/aromatic N) is 1. The predicted molar refractivity (Wildman–Crippen MR) is 157 cm³/mol. The first-order valence-electron chi connectivity index (χ1n) is 13.3. The van der Waals surface area contributed by atoms with Crippen LogP contribution in [0.25, 0.3) is 21.9 Å². The van der Waals surface area contributed by atoms with Gasteiger partial charge in [-0.2, -0.15) is 0 Å². The summed E-state index contributed by atoms with van der Waals surface area (Å²) in [5, 5.41) is 2.43. The zero-order chi connectivity index (χ0) is 27.4. The quantitative estimate of drug-likeness (QED) is 0.120. The molecule has 0 unspecified atom stereocenters. The standard InChI is InChI=1S/C33H36ClFNO2/c1-6-24(20-37)28(10-8-18-38-31-11-7-9-25-19-26(35)12-13-29(25)31)27-14-15-30(34)33(22(27)3)32-21(2)16-17-36(5)23(32)4/h7,9,11-15,19-20H,6,8,10,16-18H2,1-5H3/q+1/b28-24+. The molecule has 0 radical (unpaired) electrons. The van der Waals surface area contributed by atoms with E-state index in [-0.39, 0.29) is 5.82 Å². The number of aldehydes is 1. The molecule has 0 saturated carbocycles. The van der Waals surface area contributed by atoms with Crippen LogP contribution >= 0.6 is 11.6 Å². The Morgan fingerprint density at radius 1 is 1.13 bits per heavy atom. The minimum absolute atomic E-state index is 0.262. The Morgan fingerprint density at radius 2 is 1.92 bits per heavy atom. The number of carbonyl (C=O) groups excluding carboxylic acids is 1. The first kappa shape index (κ1) is 27.8. The lowest BCUT2D eigenvalue weighted by atomic mass is 9.84. The number of fused-ring (bicyclic) bond motifs is 1. The van der Waals surface area contributed by atoms with E-state index >= 15 is 0 Å². The van der Waals surface area contributed by atoms with E-state index in [1.807, 2.05) is 37.3 Å². The summed E-state index contributed by atoms with van der Waals surface area (Å²) in [7, 11) is 2.12. The zero-order valence-corrected chi connectivity index (χ0v) is 23.7. The average Bonchev–Trinajstić information content (AvgIpc) is 2.90. The Kier molecular flexibility index (Phi) is 8.83. The van der Waals surface area contributed by atoms with Gasteiger partial charge in [-0.1, -0.05) is 42.3 Å². The molecule has 198 valence electrons. The van der Waals surface area contributed by atoms with Crippen LogP contribution in [0.2, 0.25) is 5.02 Å². The van der Waals surface area contributed by atoms with Crippen LogP contribution in [0.4, 0.5) is 4.39 Å². The summed E-state index contributed by atoms with van der Waals surface area (Å²) in [6.07, 6.45) is 4.07. The first-order chi connectivity index (χ1) is 18.3. The number of hydrogen-bond acceptors (Lipinski definition) is 2. The molecule has 0 spiro atoms. The first-order valence-corrected chi connectivity index (χ1v) is 13.7. The van der Waals surface area contributed by atoms with E-state index in [1.165, 1.54) is 29.0 Å². The molecule has 38 heavy (non-hydrogen) atoms. The van der Waals surface area contributed by atoms with Gasteiger partial charge in [0.2, 0.25) is 0 Å². The van der Waals surface area contributed by atoms with Gasteiger partial charge in [0.25, 0.3) is 0 Å². The SMILES string of the molecule is CC/C(C=O)=C(/CCCOc1cccc2cc(F)ccc12)c1ccc(Cl)c(C2=C(C)CC[N+](C)=C2C)c1C. The Labute approximate surface area is 230 Å². The third-order valence-electron chi connectivity index (χ3n) is 7.71. The number of rotatable bonds is 9. The van der Waals surface area contributed by atoms with E-state index in [0.29, 0.717) is 19.4 Å². The van der Waals surface area contributed by atoms with Gasteiger partial charge in [0, 0.05) is 34.9 Å². The van der Waals surface area contributed by atoms with Gasteiger partial charge in [0.15, 0.2) is 5.71 Å². The van der Waals surface area contributed by atoms with Crippen LogP contribution in [-0.4, -0.2) is 36.8 Å². The lowest BCUT2D eigenvalue weighted by Gasteiger charge is -2.22. The van der Waals surface area contributed by atoms with Crippen LogP contribution in [0.1, 0.15) is 63.1 Å². The van der Waals surface area contributed by atoms with E-state index in [1.54, 1.807) is 6.07 Å². The molecular weight excluding hydrogens is 497 g/mol. The molecule has 0 fully saturated rings. The fourth-order valence-electron chi connectivity index (χ4n) is 5.45. The highest BCUT2D eigenvalue weighted by atomic mass is 35.5. The molecule has 1 aliphatic rings. The zero-order valence-electron chi connectivity index (χ0n) is 23.0. The van der Waals surface area contributed by atoms with Crippen molar-refractivity contribution in [2.75, 3.05) is 20.2 Å². The van der Waals surface area contributed by atoms with E-state index in [9.17, 15) is 9.18 Å². The van der Waals surface area contributed by atoms with Crippen molar-refractivity contribution in [3.63, 3.8) is 0 Å². The highest BCUT2D eigenvalue weighted by Crippen LogP contribution is 2.38. The van der Waals surface area contributed by atoms with Gasteiger partial charge < -0.3 is 4.74 Å². The molecule has 0 saturated heterocycles. The second-order valence-corrected chi connectivity index (χ2v) is 10.5. The topological polar surface area (TPSA) is 29.3 Å². The maximum atomic E-state index is 13.6. The maximum Gasteiger partial charge on any atom is 0.180 e. The summed E-state index contributed by atoms with van der Waals surface area (Å²) in [6.45, 7) is 9.95. The minimum atomic E-state index is -0.262. The van der Waals surface area contributed by atoms with Crippen LogP contribution in [0.5, 0.6) is 5.75 Å². The molecule has 5 heteroatoms. The van der Waals surface area contributed by atoms with Crippen molar-refractivity contribution in [2.45, 2.75) is 53.4 Å². The number of ether oxygens (including phenoxy) is 1. The molecule has 4 rings (SSSR count). The largest absolute Gasteiger partial charge is 0.493 e. The predicted octanol–water partition coefficient (Wildman–Crippen LogP) is 8.44. The van der Waals surface area contributed by atoms with E-state index in [0.717, 1.165) is 75.1 Å². The third-order valence-corrected chi connectivity index (χ3v) is 8.03. The summed E-state index contributed by atoms with van der Waals surface area (Å²) >= 11 is 6.82. The fourth-order valence-corrected chi connectivity index (χ4v) is 5.75. The van der Waals surface area contributed by atoms with Gasteiger partial charge in [-0.05, 0) is 91.1 Å². The molecule has 3 nitrogen and oxygen atoms in total. The number of hydrogen-bond donors (Lipinski definition) is 0. The molecular formula is C33H36ClFNO2+. The lowest BCUT2D eigenvalue weighted by Crippen LogP contribution is -2.23. The minimum Gasteiger partial charge on any atom is -0.493 e. The summed E-state index contributed by atoms with van der Waals surface area (Å²) in [5.74, 6) is 0.473. The third kappa shape index (κ3) is 5.61. The van der Waals surface area contributed by atoms with Crippen molar-refractivity contribution in [1.82, 2.24) is 0 Å². The van der Waals surface area contributed by atoms with Gasteiger partial charge in [-0.3, -0.25) is 4.79 Å². The number of carbonyl (C=O) groups is 1. The Hall–Kier alpha value is -3.24. The van der Waals surface area contributed by atoms with Gasteiger partial charge >= 0.3 is 0 Å². The molecule has 0 N–H and O–H groups in total. The molecule has 3 aromatic rings. The summed E-state index contributed by atoms with van der Waals surface area (Å²) < 4.78 is 22.1. The molecule has 0 aromatic heterocycles. The molecule has 1 aliphatic heterocycles. The van der Waals surface area contributed by atoms with Gasteiger partial charge in [-0.15, -0.1) is 0 Å². The molecule has 0 bridgehead atoms. The van der Waals surface area contributed by atoms with Crippen molar-refractivity contribution in [1.29, 1.82) is 0 Å². The van der Waals surface area contributed by atoms with E-state index in [2.05, 4.69) is 32.4 Å². The van der Waals surface area contributed by atoms with Crippen molar-refractivity contribution in [2.24, 2.45) is 0 Å². The summed E-state index contributed by atoms with van der Waals surface area (Å²) in [4.78, 5) is 12.1. The van der Waals surface area contributed by atoms with Gasteiger partial charge in [0.1, 0.15) is 31.4 Å². The average molecular weight is 533 g/mol. The molecule has 0 atom stereocenters. The summed E-state index contributed by atoms with van der Waals surface area (Å²) in [6, 6.07) is 14.4. The Balaban J connectivity index is 1.63. The smallest absolute Gasteiger partial charge is 0.180 e. The van der Waals surface area contributed by atoms with Crippen molar-refractivity contribution < 1.29 is 18.5 Å². The number of halogens is 2. The van der Waals surface area contributed by atoms with E-state index in [4.69, 9.17) is 16.3 Å². The normalized spacial score (nSPS) is 14.7. The monoisotopic (exact) mass is 532 g/mol. The van der Waals surface area contributed by atoms with Crippen molar-refractivity contribution in [3.05, 3.63) is 87.2 Å². The number of allylic oxidation sites excluding steroid dienone is 3. The maximum absolute atomic E-state index is 13.6. The summed E-state index contributed by atoms with van der Waals surface area (Å²) in [5.41, 5.74) is 8.83. The van der Waals surface area contributed by atoms with Gasteiger partial charge in [-0.25, -0.2) is 8.97 Å². The van der Waals surface area contributed by atoms with Gasteiger partial charge in [0.05, 0.1) is 6.61 Å². The molecule has 0 amide bonds. The van der Waals surface area contributed by atoms with Crippen LogP contribution in [0.15, 0.2) is 59.7 Å². The Bertz CT molecular complexity index is 1480. The Morgan fingerprint density at radius 3 is 2.66 bits per heavy atom. The van der Waals surface area contributed by atoms with Crippen molar-refractivity contribution >= 4 is 45.5 Å². The fraction of sp³-hybridized carbons (Fsp3) is 0.333. The number of benzene rings is 3. The van der Waals surface area contributed by atoms with E-state index < -0.39 is 0 Å². The van der Waals surface area contributed by atoms with Crippen LogP contribution in [0.3, 0.4) is 0 Å². The molecule has 3 aromatic carbocycles. The molecule has 0 aliphatic carbocycles. The van der Waals surface area contributed by atoms with Crippen molar-refractivity contribution in [3.8, 4) is 5.75 Å². The lowest BCUT2D eigenvalue weighted by molar-refractivity contribution is -0.497. The highest BCUT2D eigenvalue weighted by Gasteiger charge is 2.26. The van der Waals surface area contributed by atoms with Crippen LogP contribution in [0, 0.1) is 12.7 Å². The highest BCUT2D eigenvalue weighted by molar-refractivity contribution is 6.35. The van der Waals surface area contributed by atoms with Crippen LogP contribution < -0.4 is 4.74 Å². The second-order valence-electron chi connectivity index (χ2n) is 10.1. The van der Waals surface area contributed by atoms with Crippen LogP contribution in [-0.2, 0) is 4.79 Å².